The molecule has 0 atom stereocenters. The number of hydrogen-bond donors (Lipinski definition) is 0. The van der Waals surface area contributed by atoms with Crippen LogP contribution < -0.4 is 20.7 Å². The molecule has 204 valence electrons. The highest BCUT2D eigenvalue weighted by molar-refractivity contribution is 7.19. The first kappa shape index (κ1) is 26.6. The van der Waals surface area contributed by atoms with Crippen molar-refractivity contribution in [3.05, 3.63) is 194 Å². The molecule has 0 N–H and O–H groups in total. The molecule has 0 radical (unpaired) electrons. The highest BCUT2D eigenvalue weighted by Crippen LogP contribution is 2.23. The van der Waals surface area contributed by atoms with Crippen LogP contribution in [0.25, 0.3) is 33.4 Å². The van der Waals surface area contributed by atoms with Crippen molar-refractivity contribution in [3.63, 3.8) is 0 Å². The van der Waals surface area contributed by atoms with Crippen LogP contribution in [0.3, 0.4) is 0 Å². The maximum atomic E-state index is 2.37. The molecule has 43 heavy (non-hydrogen) atoms. The Kier molecular flexibility index (Phi) is 7.39. The Hall–Kier alpha value is -5.24. The van der Waals surface area contributed by atoms with Gasteiger partial charge < -0.3 is 0 Å². The lowest BCUT2D eigenvalue weighted by Gasteiger charge is -2.35. The lowest BCUT2D eigenvalue weighted by molar-refractivity contribution is 1.60. The molecule has 0 amide bonds. The molecule has 0 saturated carbocycles. The Labute approximate surface area is 255 Å². The summed E-state index contributed by atoms with van der Waals surface area (Å²) in [6, 6.07) is 71.1. The Balaban J connectivity index is 1.44. The zero-order valence-corrected chi connectivity index (χ0v) is 25.0. The predicted molar refractivity (Wildman–Crippen MR) is 186 cm³/mol. The van der Waals surface area contributed by atoms with Gasteiger partial charge in [0, 0.05) is 0 Å². The van der Waals surface area contributed by atoms with Gasteiger partial charge in [0.1, 0.15) is 0 Å². The van der Waals surface area contributed by atoms with Crippen molar-refractivity contribution < 1.29 is 0 Å². The van der Waals surface area contributed by atoms with Crippen LogP contribution in [0.5, 0.6) is 0 Å². The van der Waals surface area contributed by atoms with Crippen LogP contribution in [-0.2, 0) is 0 Å². The first-order valence-electron chi connectivity index (χ1n) is 14.9. The van der Waals surface area contributed by atoms with Crippen molar-refractivity contribution in [3.8, 4) is 33.4 Å². The van der Waals surface area contributed by atoms with Crippen molar-refractivity contribution in [1.29, 1.82) is 0 Å². The Morgan fingerprint density at radius 3 is 0.674 bits per heavy atom. The topological polar surface area (TPSA) is 0 Å². The molecule has 1 heteroatoms. The van der Waals surface area contributed by atoms with E-state index in [0.717, 1.165) is 0 Å². The smallest absolute Gasteiger partial charge is 0.0623 e. The lowest BCUT2D eigenvalue weighted by atomic mass is 10.1. The SMILES string of the molecule is c1ccc(-c2ccc([Si](c3ccccc3)(c3ccc(-c4ccccc4)cc3)c3ccc(-c4ccccc4)cc3)cc2)cc1. The summed E-state index contributed by atoms with van der Waals surface area (Å²) in [4.78, 5) is 0. The maximum Gasteiger partial charge on any atom is 0.179 e. The number of benzene rings is 7. The molecule has 7 aromatic carbocycles. The summed E-state index contributed by atoms with van der Waals surface area (Å²) in [6.07, 6.45) is 0. The van der Waals surface area contributed by atoms with Gasteiger partial charge in [-0.3, -0.25) is 0 Å². The van der Waals surface area contributed by atoms with Gasteiger partial charge in [0.05, 0.1) is 0 Å². The first-order chi connectivity index (χ1) is 21.3. The van der Waals surface area contributed by atoms with Crippen LogP contribution >= 0.6 is 0 Å². The monoisotopic (exact) mass is 564 g/mol. The van der Waals surface area contributed by atoms with E-state index < -0.39 is 8.07 Å². The molecule has 0 saturated heterocycles. The summed E-state index contributed by atoms with van der Waals surface area (Å²) >= 11 is 0. The second kappa shape index (κ2) is 11.9. The fraction of sp³-hybridized carbons (Fsp3) is 0. The van der Waals surface area contributed by atoms with Crippen molar-refractivity contribution in [2.45, 2.75) is 0 Å². The third kappa shape index (κ3) is 5.16. The summed E-state index contributed by atoms with van der Waals surface area (Å²) < 4.78 is 0. The van der Waals surface area contributed by atoms with Crippen molar-refractivity contribution >= 4 is 28.8 Å². The third-order valence-corrected chi connectivity index (χ3v) is 13.3. The Bertz CT molecular complexity index is 1690. The summed E-state index contributed by atoms with van der Waals surface area (Å²) in [5.41, 5.74) is 7.42. The molecule has 0 unspecified atom stereocenters. The molecule has 0 fully saturated rings. The van der Waals surface area contributed by atoms with E-state index in [1.54, 1.807) is 0 Å². The standard InChI is InChI=1S/C42H32Si/c1-5-13-33(14-6-1)36-21-27-40(28-22-36)43(39-19-11-4-12-20-39,41-29-23-37(24-30-41)34-15-7-2-8-16-34)42-31-25-38(26-32-42)35-17-9-3-10-18-35/h1-32H. The van der Waals surface area contributed by atoms with E-state index >= 15 is 0 Å². The van der Waals surface area contributed by atoms with Gasteiger partial charge in [-0.15, -0.1) is 0 Å². The van der Waals surface area contributed by atoms with Gasteiger partial charge >= 0.3 is 0 Å². The van der Waals surface area contributed by atoms with Gasteiger partial charge in [-0.05, 0) is 54.1 Å². The Morgan fingerprint density at radius 2 is 0.395 bits per heavy atom. The van der Waals surface area contributed by atoms with Crippen LogP contribution in [0.15, 0.2) is 194 Å². The third-order valence-electron chi connectivity index (χ3n) is 8.48. The molecule has 0 spiro atoms. The molecular weight excluding hydrogens is 533 g/mol. The normalized spacial score (nSPS) is 11.3. The van der Waals surface area contributed by atoms with E-state index in [9.17, 15) is 0 Å². The van der Waals surface area contributed by atoms with Crippen molar-refractivity contribution in [2.75, 3.05) is 0 Å². The van der Waals surface area contributed by atoms with Gasteiger partial charge in [0.15, 0.2) is 8.07 Å². The van der Waals surface area contributed by atoms with Gasteiger partial charge in [0.25, 0.3) is 0 Å². The van der Waals surface area contributed by atoms with Gasteiger partial charge in [-0.2, -0.15) is 0 Å². The quantitative estimate of drug-likeness (QED) is 0.136. The summed E-state index contributed by atoms with van der Waals surface area (Å²) in [7, 11) is -2.67. The van der Waals surface area contributed by atoms with Crippen LogP contribution in [0.4, 0.5) is 0 Å². The summed E-state index contributed by atoms with van der Waals surface area (Å²) in [5, 5.41) is 5.50. The van der Waals surface area contributed by atoms with Gasteiger partial charge in [-0.1, -0.05) is 194 Å². The zero-order chi connectivity index (χ0) is 28.9. The second-order valence-electron chi connectivity index (χ2n) is 10.9. The fourth-order valence-electron chi connectivity index (χ4n) is 6.32. The summed E-state index contributed by atoms with van der Waals surface area (Å²) in [5.74, 6) is 0. The van der Waals surface area contributed by atoms with Gasteiger partial charge in [-0.25, -0.2) is 0 Å². The zero-order valence-electron chi connectivity index (χ0n) is 24.0. The van der Waals surface area contributed by atoms with Crippen LogP contribution in [-0.4, -0.2) is 8.07 Å². The van der Waals surface area contributed by atoms with Gasteiger partial charge in [0.2, 0.25) is 0 Å². The van der Waals surface area contributed by atoms with E-state index in [4.69, 9.17) is 0 Å². The first-order valence-corrected chi connectivity index (χ1v) is 16.9. The lowest BCUT2D eigenvalue weighted by Crippen LogP contribution is -2.74. The molecule has 0 aliphatic heterocycles. The highest BCUT2D eigenvalue weighted by Gasteiger charge is 2.41. The molecule has 7 aromatic rings. The summed E-state index contributed by atoms with van der Waals surface area (Å²) in [6.45, 7) is 0. The second-order valence-corrected chi connectivity index (χ2v) is 14.8. The molecule has 0 aliphatic rings. The molecule has 7 rings (SSSR count). The van der Waals surface area contributed by atoms with E-state index in [1.165, 1.54) is 54.1 Å². The molecule has 0 heterocycles. The molecule has 0 nitrogen and oxygen atoms in total. The predicted octanol–water partition coefficient (Wildman–Crippen LogP) is 8.07. The average Bonchev–Trinajstić information content (AvgIpc) is 3.11. The molecular formula is C42H32Si. The van der Waals surface area contributed by atoms with Crippen molar-refractivity contribution in [2.24, 2.45) is 0 Å². The minimum Gasteiger partial charge on any atom is -0.0623 e. The largest absolute Gasteiger partial charge is 0.179 e. The van der Waals surface area contributed by atoms with Crippen LogP contribution in [0, 0.1) is 0 Å². The van der Waals surface area contributed by atoms with E-state index in [1.807, 2.05) is 0 Å². The average molecular weight is 565 g/mol. The molecule has 0 bridgehead atoms. The molecule has 0 aromatic heterocycles. The van der Waals surface area contributed by atoms with E-state index in [2.05, 4.69) is 194 Å². The van der Waals surface area contributed by atoms with Crippen molar-refractivity contribution in [1.82, 2.24) is 0 Å². The maximum absolute atomic E-state index is 2.67. The fourth-order valence-corrected chi connectivity index (χ4v) is 11.0. The highest BCUT2D eigenvalue weighted by atomic mass is 28.3. The number of hydrogen-bond acceptors (Lipinski definition) is 0. The minimum atomic E-state index is -2.67. The van der Waals surface area contributed by atoms with E-state index in [-0.39, 0.29) is 0 Å². The molecule has 0 aliphatic carbocycles. The van der Waals surface area contributed by atoms with E-state index in [0.29, 0.717) is 0 Å². The van der Waals surface area contributed by atoms with Crippen LogP contribution in [0.2, 0.25) is 0 Å². The number of rotatable bonds is 7. The minimum absolute atomic E-state index is 1.24. The van der Waals surface area contributed by atoms with Crippen LogP contribution in [0.1, 0.15) is 0 Å². The Morgan fingerprint density at radius 1 is 0.186 bits per heavy atom.